The molecule has 0 unspecified atom stereocenters. The first-order valence-electron chi connectivity index (χ1n) is 2.59. The summed E-state index contributed by atoms with van der Waals surface area (Å²) in [6, 6.07) is 0.209. The molecular weight excluding hydrogens is 161 g/mol. The molecule has 0 heterocycles. The molecule has 0 rings (SSSR count). The number of carbonyl (C=O) groups excluding carboxylic acids is 1. The van der Waals surface area contributed by atoms with Gasteiger partial charge < -0.3 is 17.7 Å². The smallest absolute Gasteiger partial charge is 1.00 e. The van der Waals surface area contributed by atoms with Crippen LogP contribution in [0.2, 0.25) is 0 Å². The van der Waals surface area contributed by atoms with E-state index in [1.807, 2.05) is 13.8 Å². The molecule has 0 fully saturated rings. The summed E-state index contributed by atoms with van der Waals surface area (Å²) in [5, 5.41) is 2.64. The van der Waals surface area contributed by atoms with Gasteiger partial charge in [-0.3, -0.25) is 4.79 Å². The van der Waals surface area contributed by atoms with Crippen molar-refractivity contribution in [2.24, 2.45) is 0 Å². The van der Waals surface area contributed by atoms with E-state index < -0.39 is 0 Å². The molecule has 0 aliphatic carbocycles. The van der Waals surface area contributed by atoms with Gasteiger partial charge in [0.05, 0.1) is 0 Å². The van der Waals surface area contributed by atoms with E-state index in [4.69, 9.17) is 0 Å². The average molecular weight is 172 g/mol. The number of amides is 1. The van der Waals surface area contributed by atoms with Crippen molar-refractivity contribution >= 4 is 5.91 Å². The number of hydrogen-bond acceptors (Lipinski definition) is 1. The Hall–Kier alpha value is 0.500. The van der Waals surface area contributed by atoms with Gasteiger partial charge in [0.2, 0.25) is 5.91 Å². The Bertz CT molecular complexity index is 106. The molecule has 0 aromatic carbocycles. The summed E-state index contributed by atoms with van der Waals surface area (Å²) in [6.07, 6.45) is 1.26. The van der Waals surface area contributed by atoms with E-state index in [0.717, 1.165) is 0 Å². The molecule has 10 heavy (non-hydrogen) atoms. The summed E-state index contributed by atoms with van der Waals surface area (Å²) < 4.78 is 0. The van der Waals surface area contributed by atoms with E-state index in [9.17, 15) is 4.79 Å². The summed E-state index contributed by atoms with van der Waals surface area (Å²) in [4.78, 5) is 10.4. The van der Waals surface area contributed by atoms with E-state index in [1.54, 1.807) is 0 Å². The first-order chi connectivity index (χ1) is 3.66. The van der Waals surface area contributed by atoms with Gasteiger partial charge in [-0.2, -0.15) is 0 Å². The predicted octanol–water partition coefficient (Wildman–Crippen LogP) is -5.29. The molecule has 0 bridgehead atoms. The van der Waals surface area contributed by atoms with E-state index in [2.05, 4.69) is 11.9 Å². The summed E-state index contributed by atoms with van der Waals surface area (Å²) in [5.41, 5.74) is 0. The minimum atomic E-state index is -0.111. The van der Waals surface area contributed by atoms with Gasteiger partial charge in [0, 0.05) is 6.04 Å². The summed E-state index contributed by atoms with van der Waals surface area (Å²) in [6.45, 7) is 7.11. The second-order valence-electron chi connectivity index (χ2n) is 1.87. The van der Waals surface area contributed by atoms with Gasteiger partial charge in [-0.15, -0.1) is 0 Å². The molecule has 0 spiro atoms. The zero-order chi connectivity index (χ0) is 6.57. The maximum atomic E-state index is 10.4. The molecule has 0 saturated carbocycles. The van der Waals surface area contributed by atoms with E-state index in [1.165, 1.54) is 6.08 Å². The Morgan fingerprint density at radius 3 is 2.10 bits per heavy atom. The minimum absolute atomic E-state index is 0. The zero-order valence-electron chi connectivity index (χ0n) is 6.65. The quantitative estimate of drug-likeness (QED) is 0.327. The number of rotatable bonds is 2. The molecule has 1 amide bonds. The van der Waals surface area contributed by atoms with Crippen LogP contribution in [0.4, 0.5) is 0 Å². The Balaban J connectivity index is -0.000000245. The minimum Gasteiger partial charge on any atom is -1.00 e. The summed E-state index contributed by atoms with van der Waals surface area (Å²) in [7, 11) is 0. The third-order valence-corrected chi connectivity index (χ3v) is 0.616. The van der Waals surface area contributed by atoms with Crippen molar-refractivity contribution in [3.8, 4) is 0 Å². The number of hydrogen-bond donors (Lipinski definition) is 1. The normalized spacial score (nSPS) is 7.10. The van der Waals surface area contributed by atoms with Crippen LogP contribution in [0.5, 0.6) is 0 Å². The van der Waals surface area contributed by atoms with Gasteiger partial charge in [-0.1, -0.05) is 6.58 Å². The van der Waals surface area contributed by atoms with Crippen molar-refractivity contribution in [1.82, 2.24) is 5.32 Å². The standard InChI is InChI=1S/C6H11NO.ClH.Na/c1-4-6(8)7-5(2)3;;/h4-5H,1H2,2-3H3,(H,7,8);1H;/q;;+1/p-1. The molecule has 0 aliphatic heterocycles. The van der Waals surface area contributed by atoms with Crippen molar-refractivity contribution in [1.29, 1.82) is 0 Å². The molecule has 0 aromatic heterocycles. The van der Waals surface area contributed by atoms with Crippen molar-refractivity contribution in [2.75, 3.05) is 0 Å². The first-order valence-corrected chi connectivity index (χ1v) is 2.59. The second-order valence-corrected chi connectivity index (χ2v) is 1.87. The fourth-order valence-electron chi connectivity index (χ4n) is 0.343. The molecule has 0 atom stereocenters. The van der Waals surface area contributed by atoms with Gasteiger partial charge >= 0.3 is 29.6 Å². The monoisotopic (exact) mass is 171 g/mol. The Kier molecular flexibility index (Phi) is 16.0. The fourth-order valence-corrected chi connectivity index (χ4v) is 0.343. The van der Waals surface area contributed by atoms with Crippen molar-refractivity contribution in [2.45, 2.75) is 19.9 Å². The molecular formula is C6H11ClNNaO. The largest absolute Gasteiger partial charge is 1.00 e. The van der Waals surface area contributed by atoms with Crippen molar-refractivity contribution in [3.05, 3.63) is 12.7 Å². The Labute approximate surface area is 90.2 Å². The average Bonchev–Trinajstić information content (AvgIpc) is 1.65. The molecule has 4 heteroatoms. The van der Waals surface area contributed by atoms with Crippen LogP contribution in [0, 0.1) is 0 Å². The summed E-state index contributed by atoms with van der Waals surface area (Å²) in [5.74, 6) is -0.111. The van der Waals surface area contributed by atoms with Crippen molar-refractivity contribution < 1.29 is 46.8 Å². The third-order valence-electron chi connectivity index (χ3n) is 0.616. The van der Waals surface area contributed by atoms with Gasteiger partial charge in [-0.25, -0.2) is 0 Å². The van der Waals surface area contributed by atoms with Gasteiger partial charge in [-0.05, 0) is 19.9 Å². The Morgan fingerprint density at radius 1 is 1.60 bits per heavy atom. The van der Waals surface area contributed by atoms with Crippen molar-refractivity contribution in [3.63, 3.8) is 0 Å². The molecule has 0 aliphatic rings. The van der Waals surface area contributed by atoms with E-state index >= 15 is 0 Å². The van der Waals surface area contributed by atoms with E-state index in [0.29, 0.717) is 0 Å². The number of halogens is 1. The van der Waals surface area contributed by atoms with Crippen LogP contribution in [-0.4, -0.2) is 11.9 Å². The van der Waals surface area contributed by atoms with Crippen LogP contribution in [0.3, 0.4) is 0 Å². The molecule has 54 valence electrons. The SMILES string of the molecule is C=CC(=O)NC(C)C.[Cl-].[Na+]. The van der Waals surface area contributed by atoms with Crippen LogP contribution >= 0.6 is 0 Å². The molecule has 0 radical (unpaired) electrons. The topological polar surface area (TPSA) is 29.1 Å². The molecule has 0 aromatic rings. The summed E-state index contributed by atoms with van der Waals surface area (Å²) >= 11 is 0. The van der Waals surface area contributed by atoms with Crippen LogP contribution in [-0.2, 0) is 4.79 Å². The van der Waals surface area contributed by atoms with Crippen LogP contribution in [0.15, 0.2) is 12.7 Å². The zero-order valence-corrected chi connectivity index (χ0v) is 9.40. The molecule has 0 saturated heterocycles. The Morgan fingerprint density at radius 2 is 2.00 bits per heavy atom. The molecule has 1 N–H and O–H groups in total. The molecule has 2 nitrogen and oxygen atoms in total. The first kappa shape index (κ1) is 16.8. The maximum Gasteiger partial charge on any atom is 1.00 e. The van der Waals surface area contributed by atoms with E-state index in [-0.39, 0.29) is 53.9 Å². The third kappa shape index (κ3) is 11.3. The van der Waals surface area contributed by atoms with Crippen LogP contribution < -0.4 is 47.3 Å². The van der Waals surface area contributed by atoms with Gasteiger partial charge in [0.25, 0.3) is 0 Å². The van der Waals surface area contributed by atoms with Crippen LogP contribution in [0.1, 0.15) is 13.8 Å². The predicted molar refractivity (Wildman–Crippen MR) is 33.5 cm³/mol. The fraction of sp³-hybridized carbons (Fsp3) is 0.500. The number of nitrogens with one attached hydrogen (secondary N) is 1. The van der Waals surface area contributed by atoms with Gasteiger partial charge in [0.15, 0.2) is 0 Å². The maximum absolute atomic E-state index is 10.4. The van der Waals surface area contributed by atoms with Gasteiger partial charge in [0.1, 0.15) is 0 Å². The second kappa shape index (κ2) is 9.50. The number of carbonyl (C=O) groups is 1. The van der Waals surface area contributed by atoms with Crippen LogP contribution in [0.25, 0.3) is 0 Å².